The Morgan fingerprint density at radius 2 is 1.48 bits per heavy atom. The van der Waals surface area contributed by atoms with Gasteiger partial charge in [0.25, 0.3) is 0 Å². The first-order valence-electron chi connectivity index (χ1n) is 11.3. The molecule has 0 spiro atoms. The molecule has 0 saturated carbocycles. The van der Waals surface area contributed by atoms with Gasteiger partial charge < -0.3 is 24.4 Å². The van der Waals surface area contributed by atoms with Crippen LogP contribution >= 0.6 is 0 Å². The van der Waals surface area contributed by atoms with Gasteiger partial charge in [0.05, 0.1) is 19.6 Å². The smallest absolute Gasteiger partial charge is 0.348 e. The van der Waals surface area contributed by atoms with E-state index < -0.39 is 30.4 Å². The minimum atomic E-state index is -1.51. The predicted octanol–water partition coefficient (Wildman–Crippen LogP) is 3.59. The van der Waals surface area contributed by atoms with Crippen molar-refractivity contribution in [1.82, 2.24) is 0 Å². The molecule has 0 fully saturated rings. The van der Waals surface area contributed by atoms with Crippen LogP contribution < -0.4 is 0 Å². The number of ether oxygens (including phenoxy) is 3. The van der Waals surface area contributed by atoms with Gasteiger partial charge in [-0.3, -0.25) is 4.79 Å². The summed E-state index contributed by atoms with van der Waals surface area (Å²) >= 11 is 0. The number of esters is 3. The Hall–Kier alpha value is -2.68. The molecule has 0 bridgehead atoms. The molecule has 0 rings (SSSR count). The van der Waals surface area contributed by atoms with E-state index in [0.717, 1.165) is 12.8 Å². The molecule has 0 aliphatic rings. The second kappa shape index (κ2) is 20.0. The zero-order chi connectivity index (χ0) is 25.8. The number of hydrogen-bond donors (Lipinski definition) is 2. The zero-order valence-corrected chi connectivity index (χ0v) is 20.4. The molecule has 33 heavy (non-hydrogen) atoms. The van der Waals surface area contributed by atoms with E-state index in [1.165, 1.54) is 19.3 Å². The van der Waals surface area contributed by atoms with Crippen molar-refractivity contribution in [1.29, 1.82) is 0 Å². The number of unbranched alkanes of at least 4 members (excludes halogenated alkanes) is 1. The molecular formula is C24H40O9. The SMILES string of the molecule is C=C(CC(CC)CCCC)C(=O)OCC.C=C(CCO)C(=O)OC(CC(=O)O)C(=O)OCC. The van der Waals surface area contributed by atoms with Crippen LogP contribution in [0.4, 0.5) is 0 Å². The third-order valence-corrected chi connectivity index (χ3v) is 4.50. The highest BCUT2D eigenvalue weighted by molar-refractivity contribution is 5.91. The quantitative estimate of drug-likeness (QED) is 0.196. The third kappa shape index (κ3) is 16.6. The maximum Gasteiger partial charge on any atom is 0.348 e. The van der Waals surface area contributed by atoms with Crippen molar-refractivity contribution < 1.29 is 43.6 Å². The normalized spacial score (nSPS) is 11.8. The monoisotopic (exact) mass is 472 g/mol. The summed E-state index contributed by atoms with van der Waals surface area (Å²) in [5, 5.41) is 17.2. The number of aliphatic carboxylic acids is 1. The third-order valence-electron chi connectivity index (χ3n) is 4.50. The second-order valence-corrected chi connectivity index (χ2v) is 7.27. The Labute approximate surface area is 196 Å². The molecule has 0 amide bonds. The van der Waals surface area contributed by atoms with E-state index in [-0.39, 0.29) is 31.2 Å². The van der Waals surface area contributed by atoms with Crippen molar-refractivity contribution in [2.75, 3.05) is 19.8 Å². The topological polar surface area (TPSA) is 136 Å². The molecule has 0 aliphatic carbocycles. The van der Waals surface area contributed by atoms with Crippen LogP contribution in [0.5, 0.6) is 0 Å². The molecule has 2 unspecified atom stereocenters. The van der Waals surface area contributed by atoms with Crippen molar-refractivity contribution >= 4 is 23.9 Å². The Kier molecular flexibility index (Phi) is 19.7. The van der Waals surface area contributed by atoms with Crippen LogP contribution in [0, 0.1) is 5.92 Å². The van der Waals surface area contributed by atoms with Crippen LogP contribution in [0.3, 0.4) is 0 Å². The number of carbonyl (C=O) groups is 4. The highest BCUT2D eigenvalue weighted by Crippen LogP contribution is 2.21. The molecule has 0 aromatic rings. The van der Waals surface area contributed by atoms with Crippen LogP contribution in [0.1, 0.15) is 72.6 Å². The summed E-state index contributed by atoms with van der Waals surface area (Å²) in [7, 11) is 0. The van der Waals surface area contributed by atoms with Crippen molar-refractivity contribution in [3.05, 3.63) is 24.3 Å². The molecule has 0 saturated heterocycles. The summed E-state index contributed by atoms with van der Waals surface area (Å²) in [6.07, 6.45) is 3.32. The molecule has 0 heterocycles. The summed E-state index contributed by atoms with van der Waals surface area (Å²) in [5.74, 6) is -2.80. The summed E-state index contributed by atoms with van der Waals surface area (Å²) in [6.45, 7) is 15.0. The molecular weight excluding hydrogens is 432 g/mol. The minimum Gasteiger partial charge on any atom is -0.481 e. The summed E-state index contributed by atoms with van der Waals surface area (Å²) in [6, 6.07) is 0. The first-order chi connectivity index (χ1) is 15.6. The van der Waals surface area contributed by atoms with E-state index in [9.17, 15) is 19.2 Å². The van der Waals surface area contributed by atoms with Crippen molar-refractivity contribution in [3.63, 3.8) is 0 Å². The Balaban J connectivity index is 0. The van der Waals surface area contributed by atoms with E-state index >= 15 is 0 Å². The number of aliphatic hydroxyl groups excluding tert-OH is 1. The van der Waals surface area contributed by atoms with Gasteiger partial charge in [0, 0.05) is 24.2 Å². The largest absolute Gasteiger partial charge is 0.481 e. The number of carboxylic acid groups (broad SMARTS) is 1. The van der Waals surface area contributed by atoms with Gasteiger partial charge in [-0.05, 0) is 26.2 Å². The second-order valence-electron chi connectivity index (χ2n) is 7.27. The van der Waals surface area contributed by atoms with E-state index in [4.69, 9.17) is 14.9 Å². The van der Waals surface area contributed by atoms with Crippen LogP contribution in [0.25, 0.3) is 0 Å². The lowest BCUT2D eigenvalue weighted by atomic mass is 9.92. The van der Waals surface area contributed by atoms with Gasteiger partial charge in [0.15, 0.2) is 0 Å². The van der Waals surface area contributed by atoms with E-state index in [0.29, 0.717) is 18.1 Å². The highest BCUT2D eigenvalue weighted by Gasteiger charge is 2.27. The Morgan fingerprint density at radius 1 is 0.879 bits per heavy atom. The maximum absolute atomic E-state index is 11.4. The first kappa shape index (κ1) is 32.5. The molecule has 0 aliphatic heterocycles. The van der Waals surface area contributed by atoms with Crippen molar-refractivity contribution in [2.45, 2.75) is 78.7 Å². The number of carboxylic acids is 1. The molecule has 2 atom stereocenters. The summed E-state index contributed by atoms with van der Waals surface area (Å²) in [5.41, 5.74) is 0.581. The lowest BCUT2D eigenvalue weighted by Crippen LogP contribution is -2.32. The van der Waals surface area contributed by atoms with Gasteiger partial charge in [-0.1, -0.05) is 52.7 Å². The fourth-order valence-corrected chi connectivity index (χ4v) is 2.62. The number of hydrogen-bond acceptors (Lipinski definition) is 8. The zero-order valence-electron chi connectivity index (χ0n) is 20.4. The van der Waals surface area contributed by atoms with Gasteiger partial charge in [0.2, 0.25) is 6.10 Å². The van der Waals surface area contributed by atoms with E-state index in [1.54, 1.807) is 6.92 Å². The molecule has 0 aromatic heterocycles. The average molecular weight is 473 g/mol. The number of rotatable bonds is 16. The standard InChI is InChI=1S/C13H24O2.C11H16O7/c1-5-8-9-12(6-2)10-11(4)13(14)15-7-3;1-3-17-11(16)8(6-9(13)14)18-10(15)7(2)4-5-12/h12H,4-10H2,1-3H3;8,12H,2-6H2,1H3,(H,13,14). The summed E-state index contributed by atoms with van der Waals surface area (Å²) in [4.78, 5) is 44.6. The fourth-order valence-electron chi connectivity index (χ4n) is 2.62. The number of carbonyl (C=O) groups excluding carboxylic acids is 3. The van der Waals surface area contributed by atoms with Gasteiger partial charge in [-0.2, -0.15) is 0 Å². The van der Waals surface area contributed by atoms with Crippen LogP contribution in [0.15, 0.2) is 24.3 Å². The molecule has 9 heteroatoms. The lowest BCUT2D eigenvalue weighted by Gasteiger charge is -2.15. The van der Waals surface area contributed by atoms with Crippen molar-refractivity contribution in [2.24, 2.45) is 5.92 Å². The fraction of sp³-hybridized carbons (Fsp3) is 0.667. The van der Waals surface area contributed by atoms with Gasteiger partial charge in [-0.25, -0.2) is 14.4 Å². The molecule has 0 radical (unpaired) electrons. The van der Waals surface area contributed by atoms with Gasteiger partial charge in [0.1, 0.15) is 0 Å². The molecule has 190 valence electrons. The van der Waals surface area contributed by atoms with Gasteiger partial charge >= 0.3 is 23.9 Å². The molecule has 0 aromatic carbocycles. The summed E-state index contributed by atoms with van der Waals surface area (Å²) < 4.78 is 14.2. The number of aliphatic hydroxyl groups is 1. The minimum absolute atomic E-state index is 0.0125. The predicted molar refractivity (Wildman–Crippen MR) is 123 cm³/mol. The van der Waals surface area contributed by atoms with Crippen LogP contribution in [0.2, 0.25) is 0 Å². The van der Waals surface area contributed by atoms with E-state index in [2.05, 4.69) is 36.5 Å². The highest BCUT2D eigenvalue weighted by atomic mass is 16.6. The van der Waals surface area contributed by atoms with Gasteiger partial charge in [-0.15, -0.1) is 0 Å². The average Bonchev–Trinajstić information content (AvgIpc) is 2.76. The Morgan fingerprint density at radius 3 is 1.94 bits per heavy atom. The first-order valence-corrected chi connectivity index (χ1v) is 11.3. The van der Waals surface area contributed by atoms with Crippen LogP contribution in [-0.2, 0) is 33.4 Å². The molecule has 9 nitrogen and oxygen atoms in total. The maximum atomic E-state index is 11.4. The van der Waals surface area contributed by atoms with Crippen LogP contribution in [-0.4, -0.2) is 60.0 Å². The molecule has 2 N–H and O–H groups in total. The lowest BCUT2D eigenvalue weighted by molar-refractivity contribution is -0.168. The Bertz CT molecular complexity index is 640. The van der Waals surface area contributed by atoms with E-state index in [1.807, 2.05) is 6.92 Å². The van der Waals surface area contributed by atoms with Crippen molar-refractivity contribution in [3.8, 4) is 0 Å².